The Balaban J connectivity index is 1.86. The summed E-state index contributed by atoms with van der Waals surface area (Å²) in [5, 5.41) is 4.75. The highest BCUT2D eigenvalue weighted by Gasteiger charge is 2.09. The SMILES string of the molecule is CC(C)[C@H](C)CCOC(=O)Nc1cc2ccccc2cn1. The molecule has 1 atom stereocenters. The van der Waals surface area contributed by atoms with Gasteiger partial charge in [-0.3, -0.25) is 5.32 Å². The Kier molecular flexibility index (Phi) is 5.14. The average molecular weight is 286 g/mol. The van der Waals surface area contributed by atoms with Crippen molar-refractivity contribution < 1.29 is 9.53 Å². The molecule has 0 aliphatic carbocycles. The maximum absolute atomic E-state index is 11.7. The number of ether oxygens (including phenoxy) is 1. The van der Waals surface area contributed by atoms with Gasteiger partial charge in [0.15, 0.2) is 0 Å². The maximum Gasteiger partial charge on any atom is 0.412 e. The van der Waals surface area contributed by atoms with Gasteiger partial charge in [-0.1, -0.05) is 45.0 Å². The number of anilines is 1. The largest absolute Gasteiger partial charge is 0.449 e. The fourth-order valence-corrected chi connectivity index (χ4v) is 1.96. The van der Waals surface area contributed by atoms with Crippen LogP contribution >= 0.6 is 0 Å². The van der Waals surface area contributed by atoms with E-state index in [1.54, 1.807) is 6.20 Å². The molecule has 0 fully saturated rings. The minimum absolute atomic E-state index is 0.429. The van der Waals surface area contributed by atoms with Crippen molar-refractivity contribution in [2.45, 2.75) is 27.2 Å². The van der Waals surface area contributed by atoms with E-state index in [0.29, 0.717) is 24.3 Å². The molecule has 2 aromatic rings. The average Bonchev–Trinajstić information content (AvgIpc) is 2.46. The van der Waals surface area contributed by atoms with Gasteiger partial charge in [0.1, 0.15) is 5.82 Å². The number of rotatable bonds is 5. The van der Waals surface area contributed by atoms with E-state index < -0.39 is 6.09 Å². The summed E-state index contributed by atoms with van der Waals surface area (Å²) in [4.78, 5) is 15.9. The lowest BCUT2D eigenvalue weighted by Crippen LogP contribution is -2.17. The molecule has 112 valence electrons. The molecule has 2 rings (SSSR count). The van der Waals surface area contributed by atoms with Gasteiger partial charge >= 0.3 is 6.09 Å². The number of hydrogen-bond donors (Lipinski definition) is 1. The van der Waals surface area contributed by atoms with Crippen LogP contribution in [0, 0.1) is 11.8 Å². The van der Waals surface area contributed by atoms with E-state index in [1.165, 1.54) is 0 Å². The predicted octanol–water partition coefficient (Wildman–Crippen LogP) is 4.47. The fraction of sp³-hybridized carbons (Fsp3) is 0.412. The molecule has 0 unspecified atom stereocenters. The smallest absolute Gasteiger partial charge is 0.412 e. The Labute approximate surface area is 125 Å². The molecule has 1 aromatic carbocycles. The van der Waals surface area contributed by atoms with Crippen LogP contribution in [-0.2, 0) is 4.74 Å². The lowest BCUT2D eigenvalue weighted by molar-refractivity contribution is 0.150. The molecule has 0 spiro atoms. The number of pyridine rings is 1. The van der Waals surface area contributed by atoms with Crippen LogP contribution in [0.5, 0.6) is 0 Å². The van der Waals surface area contributed by atoms with E-state index >= 15 is 0 Å². The van der Waals surface area contributed by atoms with Crippen molar-refractivity contribution in [1.29, 1.82) is 0 Å². The summed E-state index contributed by atoms with van der Waals surface area (Å²) in [7, 11) is 0. The second-order valence-electron chi connectivity index (χ2n) is 5.69. The van der Waals surface area contributed by atoms with Gasteiger partial charge in [0, 0.05) is 11.6 Å². The highest BCUT2D eigenvalue weighted by Crippen LogP contribution is 2.16. The molecule has 1 amide bonds. The van der Waals surface area contributed by atoms with Gasteiger partial charge in [-0.05, 0) is 29.7 Å². The van der Waals surface area contributed by atoms with Gasteiger partial charge in [0.25, 0.3) is 0 Å². The number of carbonyl (C=O) groups is 1. The Bertz CT molecular complexity index is 611. The topological polar surface area (TPSA) is 51.2 Å². The first-order valence-electron chi connectivity index (χ1n) is 7.35. The molecule has 1 heterocycles. The highest BCUT2D eigenvalue weighted by molar-refractivity contribution is 5.89. The molecule has 4 nitrogen and oxygen atoms in total. The Morgan fingerprint density at radius 3 is 2.67 bits per heavy atom. The molecule has 0 radical (unpaired) electrons. The van der Waals surface area contributed by atoms with Crippen LogP contribution in [0.3, 0.4) is 0 Å². The fourth-order valence-electron chi connectivity index (χ4n) is 1.96. The van der Waals surface area contributed by atoms with Crippen LogP contribution in [0.25, 0.3) is 10.8 Å². The predicted molar refractivity (Wildman–Crippen MR) is 85.3 cm³/mol. The third-order valence-corrected chi connectivity index (χ3v) is 3.81. The maximum atomic E-state index is 11.7. The second-order valence-corrected chi connectivity index (χ2v) is 5.69. The number of amides is 1. The third kappa shape index (κ3) is 4.45. The molecular weight excluding hydrogens is 264 g/mol. The van der Waals surface area contributed by atoms with Crippen LogP contribution in [-0.4, -0.2) is 17.7 Å². The summed E-state index contributed by atoms with van der Waals surface area (Å²) < 4.78 is 5.19. The molecular formula is C17H22N2O2. The van der Waals surface area contributed by atoms with Crippen molar-refractivity contribution in [3.63, 3.8) is 0 Å². The zero-order valence-corrected chi connectivity index (χ0v) is 12.8. The summed E-state index contributed by atoms with van der Waals surface area (Å²) in [5.41, 5.74) is 0. The zero-order valence-electron chi connectivity index (χ0n) is 12.8. The molecule has 4 heteroatoms. The quantitative estimate of drug-likeness (QED) is 0.882. The molecule has 1 N–H and O–H groups in total. The van der Waals surface area contributed by atoms with E-state index in [-0.39, 0.29) is 0 Å². The number of nitrogens with zero attached hydrogens (tertiary/aromatic N) is 1. The number of hydrogen-bond acceptors (Lipinski definition) is 3. The van der Waals surface area contributed by atoms with Crippen LogP contribution in [0.15, 0.2) is 36.5 Å². The van der Waals surface area contributed by atoms with Gasteiger partial charge in [-0.25, -0.2) is 9.78 Å². The third-order valence-electron chi connectivity index (χ3n) is 3.81. The first-order chi connectivity index (χ1) is 10.1. The molecule has 0 saturated heterocycles. The first kappa shape index (κ1) is 15.3. The number of nitrogens with one attached hydrogen (secondary N) is 1. The summed E-state index contributed by atoms with van der Waals surface area (Å²) >= 11 is 0. The summed E-state index contributed by atoms with van der Waals surface area (Å²) in [6.45, 7) is 6.93. The normalized spacial score (nSPS) is 12.4. The Morgan fingerprint density at radius 2 is 1.95 bits per heavy atom. The van der Waals surface area contributed by atoms with Crippen molar-refractivity contribution in [3.8, 4) is 0 Å². The number of benzene rings is 1. The van der Waals surface area contributed by atoms with Crippen LogP contribution < -0.4 is 5.32 Å². The summed E-state index contributed by atoms with van der Waals surface area (Å²) in [6.07, 6.45) is 2.16. The lowest BCUT2D eigenvalue weighted by atomic mass is 9.95. The highest BCUT2D eigenvalue weighted by atomic mass is 16.5. The van der Waals surface area contributed by atoms with Gasteiger partial charge in [0.05, 0.1) is 6.61 Å². The van der Waals surface area contributed by atoms with E-state index in [2.05, 4.69) is 31.1 Å². The Hall–Kier alpha value is -2.10. The van der Waals surface area contributed by atoms with Crippen molar-refractivity contribution >= 4 is 22.7 Å². The van der Waals surface area contributed by atoms with Gasteiger partial charge < -0.3 is 4.74 Å². The summed E-state index contributed by atoms with van der Waals surface area (Å²) in [5.74, 6) is 1.64. The molecule has 0 bridgehead atoms. The van der Waals surface area contributed by atoms with Crippen molar-refractivity contribution in [2.75, 3.05) is 11.9 Å². The lowest BCUT2D eigenvalue weighted by Gasteiger charge is -2.15. The molecule has 0 saturated carbocycles. The van der Waals surface area contributed by atoms with Gasteiger partial charge in [0.2, 0.25) is 0 Å². The van der Waals surface area contributed by atoms with Gasteiger partial charge in [-0.2, -0.15) is 0 Å². The van der Waals surface area contributed by atoms with Crippen LogP contribution in [0.4, 0.5) is 10.6 Å². The molecule has 0 aliphatic heterocycles. The minimum Gasteiger partial charge on any atom is -0.449 e. The molecule has 1 aromatic heterocycles. The first-order valence-corrected chi connectivity index (χ1v) is 7.35. The number of fused-ring (bicyclic) bond motifs is 1. The summed E-state index contributed by atoms with van der Waals surface area (Å²) in [6, 6.07) is 9.72. The number of aromatic nitrogens is 1. The van der Waals surface area contributed by atoms with Crippen molar-refractivity contribution in [1.82, 2.24) is 4.98 Å². The van der Waals surface area contributed by atoms with Crippen molar-refractivity contribution in [3.05, 3.63) is 36.5 Å². The van der Waals surface area contributed by atoms with E-state index in [9.17, 15) is 4.79 Å². The Morgan fingerprint density at radius 1 is 1.24 bits per heavy atom. The van der Waals surface area contributed by atoms with Crippen LogP contribution in [0.1, 0.15) is 27.2 Å². The van der Waals surface area contributed by atoms with Crippen molar-refractivity contribution in [2.24, 2.45) is 11.8 Å². The van der Waals surface area contributed by atoms with E-state index in [1.807, 2.05) is 30.3 Å². The minimum atomic E-state index is -0.450. The van der Waals surface area contributed by atoms with Gasteiger partial charge in [-0.15, -0.1) is 0 Å². The monoisotopic (exact) mass is 286 g/mol. The molecule has 21 heavy (non-hydrogen) atoms. The van der Waals surface area contributed by atoms with E-state index in [0.717, 1.165) is 17.2 Å². The number of carbonyl (C=O) groups excluding carboxylic acids is 1. The second kappa shape index (κ2) is 7.07. The standard InChI is InChI=1S/C17H22N2O2/c1-12(2)13(3)8-9-21-17(20)19-16-10-14-6-4-5-7-15(14)11-18-16/h4-7,10-13H,8-9H2,1-3H3,(H,18,19,20)/t13-/m1/s1. The zero-order chi connectivity index (χ0) is 15.2. The van der Waals surface area contributed by atoms with Crippen LogP contribution in [0.2, 0.25) is 0 Å². The van der Waals surface area contributed by atoms with E-state index in [4.69, 9.17) is 4.74 Å². The molecule has 0 aliphatic rings.